The van der Waals surface area contributed by atoms with Crippen molar-refractivity contribution in [2.24, 2.45) is 5.92 Å². The Morgan fingerprint density at radius 2 is 1.83 bits per heavy atom. The number of nitrogens with one attached hydrogen (secondary N) is 1. The molecule has 48 heavy (non-hydrogen) atoms. The number of aliphatic hydroxyl groups excluding tert-OH is 1. The van der Waals surface area contributed by atoms with Crippen LogP contribution in [0.25, 0.3) is 33.8 Å². The molecule has 0 aliphatic carbocycles. The molecule has 5 heterocycles. The van der Waals surface area contributed by atoms with E-state index in [9.17, 15) is 19.8 Å². The lowest BCUT2D eigenvalue weighted by molar-refractivity contribution is -0.141. The van der Waals surface area contributed by atoms with Gasteiger partial charge in [-0.25, -0.2) is 15.0 Å². The molecule has 0 unspecified atom stereocenters. The van der Waals surface area contributed by atoms with Crippen molar-refractivity contribution in [3.63, 3.8) is 0 Å². The summed E-state index contributed by atoms with van der Waals surface area (Å²) >= 11 is 1.42. The van der Waals surface area contributed by atoms with Crippen molar-refractivity contribution in [2.45, 2.75) is 52.8 Å². The second-order valence-electron chi connectivity index (χ2n) is 12.9. The van der Waals surface area contributed by atoms with Gasteiger partial charge in [0, 0.05) is 61.5 Å². The van der Waals surface area contributed by atoms with Crippen molar-refractivity contribution >= 4 is 40.1 Å². The number of carbonyl (C=O) groups is 2. The Bertz CT molecular complexity index is 2020. The zero-order valence-electron chi connectivity index (χ0n) is 27.2. The van der Waals surface area contributed by atoms with Crippen LogP contribution in [0.5, 0.6) is 0 Å². The number of thiazole rings is 1. The van der Waals surface area contributed by atoms with E-state index in [0.717, 1.165) is 69.1 Å². The van der Waals surface area contributed by atoms with E-state index in [1.165, 1.54) is 11.3 Å². The molecule has 12 heteroatoms. The fraction of sp³-hybridized carbons (Fsp3) is 0.361. The summed E-state index contributed by atoms with van der Waals surface area (Å²) in [6, 6.07) is 13.9. The molecule has 2 atom stereocenters. The van der Waals surface area contributed by atoms with Crippen LogP contribution >= 0.6 is 11.3 Å². The first-order chi connectivity index (χ1) is 23.1. The number of aliphatic carboxylic acids is 1. The molecule has 0 bridgehead atoms. The smallest absolute Gasteiger partial charge is 0.307 e. The molecule has 1 amide bonds. The summed E-state index contributed by atoms with van der Waals surface area (Å²) in [5.41, 5.74) is 8.52. The number of carbonyl (C=O) groups excluding carboxylic acids is 1. The monoisotopic (exact) mass is 666 g/mol. The largest absolute Gasteiger partial charge is 0.481 e. The SMILES string of the molecule is Cc1c(NC(=O)c2nc3c(s2)CN(C[C@H](C)O)CC3)cccc1-c1cccc(-c2nc3cc(CN4CC[C@@H](C(=O)O)C4)cnc3o2)c1C. The number of likely N-dealkylation sites (tertiary alicyclic amines) is 1. The molecule has 0 radical (unpaired) electrons. The molecule has 7 rings (SSSR count). The maximum absolute atomic E-state index is 13.4. The number of hydrogen-bond acceptors (Lipinski definition) is 10. The van der Waals surface area contributed by atoms with Crippen molar-refractivity contribution in [3.8, 4) is 22.6 Å². The zero-order valence-corrected chi connectivity index (χ0v) is 28.0. The molecule has 1 saturated heterocycles. The van der Waals surface area contributed by atoms with Crippen LogP contribution in [0.1, 0.15) is 50.4 Å². The number of aliphatic hydroxyl groups is 1. The van der Waals surface area contributed by atoms with E-state index in [1.807, 2.05) is 50.2 Å². The molecule has 11 nitrogen and oxygen atoms in total. The van der Waals surface area contributed by atoms with Gasteiger partial charge in [-0.15, -0.1) is 11.3 Å². The van der Waals surface area contributed by atoms with Crippen molar-refractivity contribution in [1.82, 2.24) is 24.8 Å². The Labute approximate surface area is 282 Å². The van der Waals surface area contributed by atoms with Crippen molar-refractivity contribution in [3.05, 3.63) is 80.9 Å². The number of aromatic nitrogens is 3. The Balaban J connectivity index is 1.10. The number of oxazole rings is 1. The van der Waals surface area contributed by atoms with E-state index in [-0.39, 0.29) is 11.8 Å². The third kappa shape index (κ3) is 6.48. The van der Waals surface area contributed by atoms with Gasteiger partial charge in [0.25, 0.3) is 5.91 Å². The highest BCUT2D eigenvalue weighted by Gasteiger charge is 2.28. The van der Waals surface area contributed by atoms with Gasteiger partial charge in [-0.05, 0) is 79.8 Å². The molecule has 3 N–H and O–H groups in total. The molecule has 248 valence electrons. The number of hydrogen-bond donors (Lipinski definition) is 3. The molecule has 2 aromatic carbocycles. The molecule has 3 aromatic heterocycles. The minimum Gasteiger partial charge on any atom is -0.481 e. The fourth-order valence-corrected chi connectivity index (χ4v) is 7.82. The molecule has 2 aliphatic heterocycles. The standard InChI is InChI=1S/C36H38N6O5S/c1-20(43)16-41-13-11-29-31(19-41)48-35(40-29)32(44)38-28-9-5-7-26(22(28)3)25-6-4-8-27(21(25)2)33-39-30-14-23(15-37-34(30)47-33)17-42-12-10-24(18-42)36(45)46/h4-9,14-15,20,24,43H,10-13,16-19H2,1-3H3,(H,38,44)(H,45,46)/t20-,24+/m0/s1. The van der Waals surface area contributed by atoms with Gasteiger partial charge in [0.2, 0.25) is 11.6 Å². The number of carboxylic acids is 1. The maximum Gasteiger partial charge on any atom is 0.307 e. The first-order valence-electron chi connectivity index (χ1n) is 16.2. The Kier molecular flexibility index (Phi) is 8.82. The third-order valence-electron chi connectivity index (χ3n) is 9.30. The molecular weight excluding hydrogens is 629 g/mol. The van der Waals surface area contributed by atoms with Gasteiger partial charge in [-0.2, -0.15) is 0 Å². The number of fused-ring (bicyclic) bond motifs is 2. The Morgan fingerprint density at radius 3 is 2.60 bits per heavy atom. The number of rotatable bonds is 9. The molecule has 5 aromatic rings. The normalized spacial score (nSPS) is 17.5. The predicted molar refractivity (Wildman–Crippen MR) is 184 cm³/mol. The van der Waals surface area contributed by atoms with E-state index >= 15 is 0 Å². The number of β-amino-alcohol motifs (C(OH)–C–C–N with tert-alkyl or cyclic N) is 1. The second kappa shape index (κ2) is 13.2. The van der Waals surface area contributed by atoms with E-state index < -0.39 is 12.1 Å². The van der Waals surface area contributed by atoms with Gasteiger partial charge >= 0.3 is 5.97 Å². The molecule has 0 spiro atoms. The zero-order chi connectivity index (χ0) is 33.5. The minimum atomic E-state index is -0.743. The average molecular weight is 667 g/mol. The number of carboxylic acid groups (broad SMARTS) is 1. The van der Waals surface area contributed by atoms with Crippen LogP contribution < -0.4 is 5.32 Å². The summed E-state index contributed by atoms with van der Waals surface area (Å²) < 4.78 is 6.12. The Hall–Kier alpha value is -4.49. The van der Waals surface area contributed by atoms with E-state index in [0.29, 0.717) is 54.7 Å². The first-order valence-corrected chi connectivity index (χ1v) is 17.1. The topological polar surface area (TPSA) is 145 Å². The first kappa shape index (κ1) is 32.1. The lowest BCUT2D eigenvalue weighted by Crippen LogP contribution is -2.35. The number of benzene rings is 2. The predicted octanol–water partition coefficient (Wildman–Crippen LogP) is 5.53. The van der Waals surface area contributed by atoms with Crippen LogP contribution in [0.4, 0.5) is 5.69 Å². The van der Waals surface area contributed by atoms with E-state index in [1.54, 1.807) is 13.1 Å². The van der Waals surface area contributed by atoms with E-state index in [2.05, 4.69) is 31.2 Å². The number of amides is 1. The van der Waals surface area contributed by atoms with E-state index in [4.69, 9.17) is 9.40 Å². The van der Waals surface area contributed by atoms with Crippen molar-refractivity contribution in [2.75, 3.05) is 31.5 Å². The van der Waals surface area contributed by atoms with Crippen LogP contribution in [0.15, 0.2) is 53.1 Å². The number of anilines is 1. The quantitative estimate of drug-likeness (QED) is 0.184. The molecular formula is C36H38N6O5S. The van der Waals surface area contributed by atoms with Gasteiger partial charge in [0.05, 0.1) is 17.7 Å². The van der Waals surface area contributed by atoms with Gasteiger partial charge in [0.15, 0.2) is 5.01 Å². The van der Waals surface area contributed by atoms with Crippen LogP contribution in [0.3, 0.4) is 0 Å². The van der Waals surface area contributed by atoms with Gasteiger partial charge in [-0.3, -0.25) is 19.4 Å². The highest BCUT2D eigenvalue weighted by molar-refractivity contribution is 7.13. The Morgan fingerprint density at radius 1 is 1.06 bits per heavy atom. The lowest BCUT2D eigenvalue weighted by atomic mass is 9.93. The summed E-state index contributed by atoms with van der Waals surface area (Å²) in [6.07, 6.45) is 2.79. The highest BCUT2D eigenvalue weighted by Crippen LogP contribution is 2.36. The molecule has 2 aliphatic rings. The molecule has 0 saturated carbocycles. The summed E-state index contributed by atoms with van der Waals surface area (Å²) in [6.45, 7) is 9.83. The van der Waals surface area contributed by atoms with Gasteiger partial charge in [-0.1, -0.05) is 24.3 Å². The average Bonchev–Trinajstić information content (AvgIpc) is 3.80. The highest BCUT2D eigenvalue weighted by atomic mass is 32.1. The number of nitrogens with zero attached hydrogens (tertiary/aromatic N) is 5. The van der Waals surface area contributed by atoms with Crippen molar-refractivity contribution < 1.29 is 24.2 Å². The fourth-order valence-electron chi connectivity index (χ4n) is 6.78. The number of pyridine rings is 1. The van der Waals surface area contributed by atoms with Crippen molar-refractivity contribution in [1.29, 1.82) is 0 Å². The molecule has 1 fully saturated rings. The second-order valence-corrected chi connectivity index (χ2v) is 14.0. The maximum atomic E-state index is 13.4. The van der Waals surface area contributed by atoms with Crippen LogP contribution in [-0.4, -0.2) is 79.1 Å². The van der Waals surface area contributed by atoms with Gasteiger partial charge in [0.1, 0.15) is 5.52 Å². The summed E-state index contributed by atoms with van der Waals surface area (Å²) in [5.74, 6) is -0.823. The lowest BCUT2D eigenvalue weighted by Gasteiger charge is -2.26. The summed E-state index contributed by atoms with van der Waals surface area (Å²) in [7, 11) is 0. The van der Waals surface area contributed by atoms with Gasteiger partial charge < -0.3 is 19.9 Å². The summed E-state index contributed by atoms with van der Waals surface area (Å²) in [5, 5.41) is 22.7. The minimum absolute atomic E-state index is 0.230. The van der Waals surface area contributed by atoms with Crippen LogP contribution in [-0.2, 0) is 24.3 Å². The third-order valence-corrected chi connectivity index (χ3v) is 10.4. The summed E-state index contributed by atoms with van der Waals surface area (Å²) in [4.78, 5) is 44.1. The van der Waals surface area contributed by atoms with Crippen LogP contribution in [0, 0.1) is 19.8 Å². The van der Waals surface area contributed by atoms with Crippen LogP contribution in [0.2, 0.25) is 0 Å².